The lowest BCUT2D eigenvalue weighted by molar-refractivity contribution is -0.0115. The number of hydrogen-bond donors (Lipinski definition) is 1. The molecule has 8 nitrogen and oxygen atoms in total. The molecule has 0 radical (unpaired) electrons. The zero-order valence-corrected chi connectivity index (χ0v) is 22.5. The number of carbonyl (C=O) groups is 1. The average Bonchev–Trinajstić information content (AvgIpc) is 3.58. The normalized spacial score (nSPS) is 18.1. The summed E-state index contributed by atoms with van der Waals surface area (Å²) in [6.07, 6.45) is 2.40. The molecule has 1 spiro atoms. The predicted molar refractivity (Wildman–Crippen MR) is 145 cm³/mol. The highest BCUT2D eigenvalue weighted by Gasteiger charge is 2.50. The molecule has 1 aliphatic heterocycles. The highest BCUT2D eigenvalue weighted by atomic mass is 32.2. The quantitative estimate of drug-likeness (QED) is 0.338. The zero-order chi connectivity index (χ0) is 27.5. The summed E-state index contributed by atoms with van der Waals surface area (Å²) < 4.78 is 58.6. The number of sulfonamides is 1. The van der Waals surface area contributed by atoms with E-state index in [9.17, 15) is 17.6 Å². The molecule has 1 atom stereocenters. The maximum atomic E-state index is 13.2. The Balaban J connectivity index is 1.45. The maximum Gasteiger partial charge on any atom is 0.255 e. The summed E-state index contributed by atoms with van der Waals surface area (Å²) in [5.41, 5.74) is 2.04. The summed E-state index contributed by atoms with van der Waals surface area (Å²) in [4.78, 5) is 13.1. The van der Waals surface area contributed by atoms with Crippen LogP contribution in [-0.4, -0.2) is 39.8 Å². The summed E-state index contributed by atoms with van der Waals surface area (Å²) in [5.74, 6) is 0.667. The Morgan fingerprint density at radius 1 is 1.08 bits per heavy atom. The van der Waals surface area contributed by atoms with Gasteiger partial charge < -0.3 is 19.2 Å². The van der Waals surface area contributed by atoms with E-state index in [1.165, 1.54) is 34.8 Å². The van der Waals surface area contributed by atoms with Crippen LogP contribution >= 0.6 is 0 Å². The Bertz CT molecular complexity index is 1690. The molecule has 1 fully saturated rings. The van der Waals surface area contributed by atoms with Crippen molar-refractivity contribution >= 4 is 32.6 Å². The van der Waals surface area contributed by atoms with Crippen LogP contribution < -0.4 is 14.4 Å². The number of nitrogens with one attached hydrogen (secondary N) is 1. The SMILES string of the molecule is CNC(=O)c1c(-c2ccc(Oc3ccc(F)cc3)cc2)oc2cc3c(cc12)[C@@H](C)OC1(CC1)CN3S(C)(=O)=O. The molecule has 0 saturated heterocycles. The molecule has 6 rings (SSSR count). The first-order valence-electron chi connectivity index (χ1n) is 12.6. The van der Waals surface area contributed by atoms with Gasteiger partial charge in [0.25, 0.3) is 5.91 Å². The van der Waals surface area contributed by atoms with Crippen LogP contribution in [-0.2, 0) is 14.8 Å². The van der Waals surface area contributed by atoms with Crippen LogP contribution in [0.3, 0.4) is 0 Å². The number of furan rings is 1. The van der Waals surface area contributed by atoms with Gasteiger partial charge in [0.1, 0.15) is 28.7 Å². The third-order valence-corrected chi connectivity index (χ3v) is 8.36. The van der Waals surface area contributed by atoms with Gasteiger partial charge in [-0.2, -0.15) is 0 Å². The first kappa shape index (κ1) is 25.4. The van der Waals surface area contributed by atoms with Gasteiger partial charge in [-0.3, -0.25) is 9.10 Å². The number of amides is 1. The maximum absolute atomic E-state index is 13.2. The lowest BCUT2D eigenvalue weighted by atomic mass is 10.0. The number of rotatable bonds is 5. The molecule has 4 aromatic rings. The molecule has 39 heavy (non-hydrogen) atoms. The minimum atomic E-state index is -3.60. The van der Waals surface area contributed by atoms with Gasteiger partial charge in [0, 0.05) is 29.6 Å². The Morgan fingerprint density at radius 2 is 1.72 bits per heavy atom. The zero-order valence-electron chi connectivity index (χ0n) is 21.7. The molecule has 202 valence electrons. The Kier molecular flexibility index (Phi) is 5.92. The lowest BCUT2D eigenvalue weighted by Crippen LogP contribution is -2.37. The van der Waals surface area contributed by atoms with E-state index in [1.807, 2.05) is 6.92 Å². The van der Waals surface area contributed by atoms with Gasteiger partial charge in [-0.1, -0.05) is 0 Å². The molecule has 0 bridgehead atoms. The molecule has 1 aliphatic carbocycles. The number of benzene rings is 3. The number of anilines is 1. The lowest BCUT2D eigenvalue weighted by Gasteiger charge is -2.24. The number of ether oxygens (including phenoxy) is 2. The molecule has 1 aromatic heterocycles. The van der Waals surface area contributed by atoms with Crippen LogP contribution in [0.5, 0.6) is 11.5 Å². The van der Waals surface area contributed by atoms with Crippen molar-refractivity contribution in [3.05, 3.63) is 77.6 Å². The van der Waals surface area contributed by atoms with Gasteiger partial charge in [0.2, 0.25) is 10.0 Å². The third-order valence-electron chi connectivity index (χ3n) is 7.23. The van der Waals surface area contributed by atoms with Gasteiger partial charge in [-0.15, -0.1) is 0 Å². The monoisotopic (exact) mass is 550 g/mol. The molecular formula is C29H27FN2O6S. The molecule has 2 aliphatic rings. The molecule has 1 saturated carbocycles. The summed E-state index contributed by atoms with van der Waals surface area (Å²) in [6, 6.07) is 16.2. The van der Waals surface area contributed by atoms with Crippen molar-refractivity contribution in [2.24, 2.45) is 0 Å². The second kappa shape index (κ2) is 9.10. The number of nitrogens with zero attached hydrogens (tertiary/aromatic N) is 1. The highest BCUT2D eigenvalue weighted by molar-refractivity contribution is 7.92. The van der Waals surface area contributed by atoms with Crippen LogP contribution in [0.4, 0.5) is 10.1 Å². The first-order valence-corrected chi connectivity index (χ1v) is 14.4. The van der Waals surface area contributed by atoms with E-state index in [-0.39, 0.29) is 24.4 Å². The van der Waals surface area contributed by atoms with Gasteiger partial charge in [-0.25, -0.2) is 12.8 Å². The third kappa shape index (κ3) is 4.63. The molecule has 1 amide bonds. The predicted octanol–water partition coefficient (Wildman–Crippen LogP) is 5.78. The number of halogens is 1. The van der Waals surface area contributed by atoms with Crippen molar-refractivity contribution in [3.8, 4) is 22.8 Å². The average molecular weight is 551 g/mol. The van der Waals surface area contributed by atoms with Crippen molar-refractivity contribution in [2.75, 3.05) is 24.2 Å². The van der Waals surface area contributed by atoms with Crippen molar-refractivity contribution < 1.29 is 31.5 Å². The van der Waals surface area contributed by atoms with Gasteiger partial charge in [-0.05, 0) is 74.4 Å². The van der Waals surface area contributed by atoms with Gasteiger partial charge in [0.05, 0.1) is 35.8 Å². The fourth-order valence-electron chi connectivity index (χ4n) is 5.09. The van der Waals surface area contributed by atoms with Crippen molar-refractivity contribution in [1.29, 1.82) is 0 Å². The van der Waals surface area contributed by atoms with Crippen LogP contribution in [0.15, 0.2) is 65.1 Å². The molecule has 0 unspecified atom stereocenters. The van der Waals surface area contributed by atoms with Crippen molar-refractivity contribution in [1.82, 2.24) is 5.32 Å². The van der Waals surface area contributed by atoms with Crippen LogP contribution in [0.1, 0.15) is 41.8 Å². The first-order chi connectivity index (χ1) is 18.6. The summed E-state index contributed by atoms with van der Waals surface area (Å²) in [7, 11) is -2.05. The molecular weight excluding hydrogens is 523 g/mol. The molecule has 10 heteroatoms. The van der Waals surface area contributed by atoms with E-state index < -0.39 is 15.6 Å². The van der Waals surface area contributed by atoms with Crippen LogP contribution in [0, 0.1) is 5.82 Å². The van der Waals surface area contributed by atoms with Crippen molar-refractivity contribution in [2.45, 2.75) is 31.5 Å². The van der Waals surface area contributed by atoms with E-state index in [2.05, 4.69) is 5.32 Å². The van der Waals surface area contributed by atoms with Gasteiger partial charge in [0.15, 0.2) is 0 Å². The fraction of sp³-hybridized carbons (Fsp3) is 0.276. The molecule has 1 N–H and O–H groups in total. The van der Waals surface area contributed by atoms with E-state index in [0.29, 0.717) is 50.6 Å². The molecule has 2 heterocycles. The smallest absolute Gasteiger partial charge is 0.255 e. The van der Waals surface area contributed by atoms with Gasteiger partial charge >= 0.3 is 0 Å². The van der Waals surface area contributed by atoms with E-state index in [0.717, 1.165) is 12.8 Å². The van der Waals surface area contributed by atoms with E-state index in [1.54, 1.807) is 43.4 Å². The standard InChI is InChI=1S/C29H27FN2O6S/c1-17-22-14-23-25(15-24(22)32(39(3,34)35)16-29(38-17)12-13-29)37-27(26(23)28(33)31-2)18-4-8-20(9-5-18)36-21-10-6-19(30)7-11-21/h4-11,14-15,17H,12-13,16H2,1-3H3,(H,31,33)/t17-/m1/s1. The Morgan fingerprint density at radius 3 is 2.31 bits per heavy atom. The highest BCUT2D eigenvalue weighted by Crippen LogP contribution is 2.50. The minimum Gasteiger partial charge on any atom is -0.457 e. The second-order valence-corrected chi connectivity index (χ2v) is 12.0. The topological polar surface area (TPSA) is 98.1 Å². The number of fused-ring (bicyclic) bond motifs is 2. The summed E-state index contributed by atoms with van der Waals surface area (Å²) in [6.45, 7) is 2.14. The minimum absolute atomic E-state index is 0.236. The Labute approximate surface area is 225 Å². The van der Waals surface area contributed by atoms with Crippen molar-refractivity contribution in [3.63, 3.8) is 0 Å². The summed E-state index contributed by atoms with van der Waals surface area (Å²) in [5, 5.41) is 3.25. The number of hydrogen-bond acceptors (Lipinski definition) is 6. The Hall–Kier alpha value is -3.89. The second-order valence-electron chi connectivity index (χ2n) is 10.1. The van der Waals surface area contributed by atoms with Crippen LogP contribution in [0.2, 0.25) is 0 Å². The largest absolute Gasteiger partial charge is 0.457 e. The fourth-order valence-corrected chi connectivity index (χ4v) is 6.08. The van der Waals surface area contributed by atoms with E-state index in [4.69, 9.17) is 13.9 Å². The molecule has 3 aromatic carbocycles. The van der Waals surface area contributed by atoms with E-state index >= 15 is 0 Å². The summed E-state index contributed by atoms with van der Waals surface area (Å²) >= 11 is 0. The number of carbonyl (C=O) groups excluding carboxylic acids is 1. The van der Waals surface area contributed by atoms with Crippen LogP contribution in [0.25, 0.3) is 22.3 Å².